The van der Waals surface area contributed by atoms with Crippen molar-refractivity contribution < 1.29 is 9.59 Å². The standard InChI is InChI=1S/C14H20N4O2/c1-3-15-12-16-13(19)18(14(20)17(12)4-2)10-11-8-6-5-7-9-11/h5-9,12,15H,3-4,10H2,1-2H3,(H,16,19). The minimum absolute atomic E-state index is 0.272. The number of amides is 4. The molecule has 4 amide bonds. The van der Waals surface area contributed by atoms with Crippen molar-refractivity contribution in [2.24, 2.45) is 0 Å². The van der Waals surface area contributed by atoms with Crippen molar-refractivity contribution >= 4 is 12.1 Å². The molecule has 0 aliphatic carbocycles. The van der Waals surface area contributed by atoms with Gasteiger partial charge in [0.15, 0.2) is 6.29 Å². The van der Waals surface area contributed by atoms with Crippen molar-refractivity contribution in [2.45, 2.75) is 26.7 Å². The van der Waals surface area contributed by atoms with Crippen molar-refractivity contribution in [3.8, 4) is 0 Å². The summed E-state index contributed by atoms with van der Waals surface area (Å²) in [6.07, 6.45) is -0.433. The van der Waals surface area contributed by atoms with E-state index in [0.717, 1.165) is 5.56 Å². The number of imide groups is 1. The average Bonchev–Trinajstić information content (AvgIpc) is 2.45. The lowest BCUT2D eigenvalue weighted by Crippen LogP contribution is -2.68. The van der Waals surface area contributed by atoms with Gasteiger partial charge in [-0.05, 0) is 19.0 Å². The quantitative estimate of drug-likeness (QED) is 0.857. The summed E-state index contributed by atoms with van der Waals surface area (Å²) in [5.74, 6) is 0. The van der Waals surface area contributed by atoms with Gasteiger partial charge < -0.3 is 5.32 Å². The van der Waals surface area contributed by atoms with Gasteiger partial charge >= 0.3 is 12.1 Å². The van der Waals surface area contributed by atoms with Crippen LogP contribution in [-0.2, 0) is 6.54 Å². The van der Waals surface area contributed by atoms with E-state index in [1.165, 1.54) is 4.90 Å². The number of carbonyl (C=O) groups is 2. The molecule has 1 aliphatic rings. The van der Waals surface area contributed by atoms with Gasteiger partial charge in [-0.25, -0.2) is 14.5 Å². The maximum absolute atomic E-state index is 12.4. The Labute approximate surface area is 118 Å². The molecule has 2 N–H and O–H groups in total. The molecule has 6 nitrogen and oxygen atoms in total. The highest BCUT2D eigenvalue weighted by Crippen LogP contribution is 2.13. The van der Waals surface area contributed by atoms with Gasteiger partial charge in [0, 0.05) is 6.54 Å². The minimum Gasteiger partial charge on any atom is -0.304 e. The second kappa shape index (κ2) is 6.38. The third kappa shape index (κ3) is 2.91. The number of nitrogens with zero attached hydrogens (tertiary/aromatic N) is 2. The highest BCUT2D eigenvalue weighted by Gasteiger charge is 2.36. The van der Waals surface area contributed by atoms with E-state index in [0.29, 0.717) is 13.1 Å². The Bertz CT molecular complexity index is 477. The molecule has 1 unspecified atom stereocenters. The Hall–Kier alpha value is -2.08. The largest absolute Gasteiger partial charge is 0.331 e. The highest BCUT2D eigenvalue weighted by molar-refractivity contribution is 5.96. The third-order valence-electron chi connectivity index (χ3n) is 3.22. The summed E-state index contributed by atoms with van der Waals surface area (Å²) < 4.78 is 0. The first-order valence-electron chi connectivity index (χ1n) is 6.83. The second-order valence-corrected chi connectivity index (χ2v) is 4.55. The van der Waals surface area contributed by atoms with Crippen molar-refractivity contribution in [3.63, 3.8) is 0 Å². The molecule has 2 rings (SSSR count). The fourth-order valence-corrected chi connectivity index (χ4v) is 2.20. The van der Waals surface area contributed by atoms with Gasteiger partial charge in [-0.3, -0.25) is 10.2 Å². The molecule has 108 valence electrons. The van der Waals surface area contributed by atoms with E-state index in [-0.39, 0.29) is 18.6 Å². The SMILES string of the molecule is CCNC1NC(=O)N(Cc2ccccc2)C(=O)N1CC. The molecule has 1 atom stereocenters. The van der Waals surface area contributed by atoms with Crippen LogP contribution in [0.1, 0.15) is 19.4 Å². The first-order chi connectivity index (χ1) is 9.67. The van der Waals surface area contributed by atoms with Gasteiger partial charge in [0.1, 0.15) is 0 Å². The maximum Gasteiger partial charge on any atom is 0.331 e. The maximum atomic E-state index is 12.4. The van der Waals surface area contributed by atoms with Crippen molar-refractivity contribution in [1.82, 2.24) is 20.4 Å². The number of urea groups is 2. The number of rotatable bonds is 5. The molecule has 1 fully saturated rings. The van der Waals surface area contributed by atoms with Gasteiger partial charge in [-0.15, -0.1) is 0 Å². The lowest BCUT2D eigenvalue weighted by atomic mass is 10.2. The average molecular weight is 276 g/mol. The van der Waals surface area contributed by atoms with Gasteiger partial charge in [-0.1, -0.05) is 37.3 Å². The predicted molar refractivity (Wildman–Crippen MR) is 75.8 cm³/mol. The van der Waals surface area contributed by atoms with E-state index in [2.05, 4.69) is 10.6 Å². The Morgan fingerprint density at radius 2 is 1.90 bits per heavy atom. The summed E-state index contributed by atoms with van der Waals surface area (Å²) in [4.78, 5) is 27.3. The zero-order chi connectivity index (χ0) is 14.5. The van der Waals surface area contributed by atoms with Gasteiger partial charge in [-0.2, -0.15) is 0 Å². The van der Waals surface area contributed by atoms with Crippen LogP contribution in [0.2, 0.25) is 0 Å². The predicted octanol–water partition coefficient (Wildman–Crippen LogP) is 1.55. The summed E-state index contributed by atoms with van der Waals surface area (Å²) >= 11 is 0. The van der Waals surface area contributed by atoms with Crippen LogP contribution in [-0.4, -0.2) is 41.2 Å². The monoisotopic (exact) mass is 276 g/mol. The Kier molecular flexibility index (Phi) is 4.57. The van der Waals surface area contributed by atoms with Crippen LogP contribution in [0.3, 0.4) is 0 Å². The van der Waals surface area contributed by atoms with E-state index < -0.39 is 6.29 Å². The van der Waals surface area contributed by atoms with Crippen LogP contribution in [0.15, 0.2) is 30.3 Å². The topological polar surface area (TPSA) is 64.7 Å². The summed E-state index contributed by atoms with van der Waals surface area (Å²) in [6, 6.07) is 8.84. The fourth-order valence-electron chi connectivity index (χ4n) is 2.20. The van der Waals surface area contributed by atoms with Crippen LogP contribution in [0.25, 0.3) is 0 Å². The molecule has 1 aromatic carbocycles. The lowest BCUT2D eigenvalue weighted by molar-refractivity contribution is 0.0913. The number of benzene rings is 1. The zero-order valence-corrected chi connectivity index (χ0v) is 11.8. The first-order valence-corrected chi connectivity index (χ1v) is 6.83. The van der Waals surface area contributed by atoms with Crippen LogP contribution in [0.4, 0.5) is 9.59 Å². The van der Waals surface area contributed by atoms with E-state index in [4.69, 9.17) is 0 Å². The first kappa shape index (κ1) is 14.3. The molecule has 1 aromatic rings. The van der Waals surface area contributed by atoms with Gasteiger partial charge in [0.05, 0.1) is 6.54 Å². The van der Waals surface area contributed by atoms with Crippen LogP contribution in [0, 0.1) is 0 Å². The third-order valence-corrected chi connectivity index (χ3v) is 3.22. The van der Waals surface area contributed by atoms with E-state index in [1.807, 2.05) is 44.2 Å². The minimum atomic E-state index is -0.433. The number of carbonyl (C=O) groups excluding carboxylic acids is 2. The van der Waals surface area contributed by atoms with E-state index in [9.17, 15) is 9.59 Å². The second-order valence-electron chi connectivity index (χ2n) is 4.55. The molecular weight excluding hydrogens is 256 g/mol. The van der Waals surface area contributed by atoms with E-state index >= 15 is 0 Å². The number of nitrogens with one attached hydrogen (secondary N) is 2. The molecule has 1 heterocycles. The molecule has 0 radical (unpaired) electrons. The van der Waals surface area contributed by atoms with Crippen molar-refractivity contribution in [3.05, 3.63) is 35.9 Å². The fraction of sp³-hybridized carbons (Fsp3) is 0.429. The van der Waals surface area contributed by atoms with Gasteiger partial charge in [0.2, 0.25) is 0 Å². The summed E-state index contributed by atoms with van der Waals surface area (Å²) in [5.41, 5.74) is 0.925. The molecule has 1 saturated heterocycles. The number of hydrogen-bond donors (Lipinski definition) is 2. The van der Waals surface area contributed by atoms with Crippen molar-refractivity contribution in [1.29, 1.82) is 0 Å². The normalized spacial score (nSPS) is 19.2. The van der Waals surface area contributed by atoms with Gasteiger partial charge in [0.25, 0.3) is 0 Å². The van der Waals surface area contributed by atoms with Crippen LogP contribution in [0.5, 0.6) is 0 Å². The van der Waals surface area contributed by atoms with Crippen LogP contribution < -0.4 is 10.6 Å². The van der Waals surface area contributed by atoms with Crippen molar-refractivity contribution in [2.75, 3.05) is 13.1 Å². The molecule has 0 spiro atoms. The highest BCUT2D eigenvalue weighted by atomic mass is 16.2. The molecule has 20 heavy (non-hydrogen) atoms. The zero-order valence-electron chi connectivity index (χ0n) is 11.8. The Morgan fingerprint density at radius 1 is 1.20 bits per heavy atom. The van der Waals surface area contributed by atoms with E-state index in [1.54, 1.807) is 4.90 Å². The van der Waals surface area contributed by atoms with Crippen LogP contribution >= 0.6 is 0 Å². The number of hydrogen-bond acceptors (Lipinski definition) is 3. The molecule has 6 heteroatoms. The summed E-state index contributed by atoms with van der Waals surface area (Å²) in [6.45, 7) is 5.30. The molecule has 0 aromatic heterocycles. The smallest absolute Gasteiger partial charge is 0.304 e. The Morgan fingerprint density at radius 3 is 2.50 bits per heavy atom. The molecule has 1 aliphatic heterocycles. The Balaban J connectivity index is 2.14. The molecule has 0 saturated carbocycles. The lowest BCUT2D eigenvalue weighted by Gasteiger charge is -2.40. The molecule has 0 bridgehead atoms. The molecular formula is C14H20N4O2. The summed E-state index contributed by atoms with van der Waals surface area (Å²) in [7, 11) is 0. The summed E-state index contributed by atoms with van der Waals surface area (Å²) in [5, 5.41) is 5.88.